The van der Waals surface area contributed by atoms with E-state index in [0.29, 0.717) is 32.2 Å². The van der Waals surface area contributed by atoms with Crippen LogP contribution in [0.1, 0.15) is 0 Å². The number of H-pyrrole nitrogens is 1. The molecular formula is C12H6Cl3N3. The molecule has 18 heavy (non-hydrogen) atoms. The largest absolute Gasteiger partial charge is 0.335 e. The van der Waals surface area contributed by atoms with Crippen LogP contribution in [0.4, 0.5) is 0 Å². The molecule has 1 aromatic carbocycles. The number of hydrogen-bond donors (Lipinski definition) is 1. The highest BCUT2D eigenvalue weighted by atomic mass is 35.5. The first-order chi connectivity index (χ1) is 8.63. The Kier molecular flexibility index (Phi) is 2.90. The molecule has 90 valence electrons. The molecular weight excluding hydrogens is 293 g/mol. The highest BCUT2D eigenvalue weighted by Crippen LogP contribution is 2.27. The lowest BCUT2D eigenvalue weighted by atomic mass is 10.2. The summed E-state index contributed by atoms with van der Waals surface area (Å²) in [6.45, 7) is 0. The third-order valence-electron chi connectivity index (χ3n) is 2.50. The quantitative estimate of drug-likeness (QED) is 0.668. The first-order valence-electron chi connectivity index (χ1n) is 5.11. The third-order valence-corrected chi connectivity index (χ3v) is 3.24. The number of imidazole rings is 1. The lowest BCUT2D eigenvalue weighted by Gasteiger charge is -1.95. The smallest absolute Gasteiger partial charge is 0.181 e. The number of hydrogen-bond acceptors (Lipinski definition) is 2. The van der Waals surface area contributed by atoms with Crippen molar-refractivity contribution >= 4 is 46.0 Å². The molecule has 0 spiro atoms. The maximum absolute atomic E-state index is 6.07. The molecule has 0 fully saturated rings. The minimum absolute atomic E-state index is 0.321. The summed E-state index contributed by atoms with van der Waals surface area (Å²) in [6, 6.07) is 8.92. The van der Waals surface area contributed by atoms with Gasteiger partial charge < -0.3 is 4.98 Å². The van der Waals surface area contributed by atoms with E-state index in [9.17, 15) is 0 Å². The highest BCUT2D eigenvalue weighted by molar-refractivity contribution is 6.37. The number of benzene rings is 1. The molecule has 0 aliphatic carbocycles. The van der Waals surface area contributed by atoms with Gasteiger partial charge in [-0.2, -0.15) is 0 Å². The van der Waals surface area contributed by atoms with E-state index < -0.39 is 0 Å². The molecule has 0 saturated carbocycles. The number of nitrogens with one attached hydrogen (secondary N) is 1. The molecule has 0 aliphatic heterocycles. The number of fused-ring (bicyclic) bond motifs is 1. The zero-order chi connectivity index (χ0) is 12.7. The van der Waals surface area contributed by atoms with Crippen LogP contribution < -0.4 is 0 Å². The zero-order valence-corrected chi connectivity index (χ0v) is 11.2. The van der Waals surface area contributed by atoms with Gasteiger partial charge in [-0.15, -0.1) is 0 Å². The number of halogens is 3. The van der Waals surface area contributed by atoms with Crippen LogP contribution in [-0.4, -0.2) is 15.0 Å². The topological polar surface area (TPSA) is 41.6 Å². The average molecular weight is 299 g/mol. The second kappa shape index (κ2) is 4.43. The summed E-state index contributed by atoms with van der Waals surface area (Å²) in [7, 11) is 0. The van der Waals surface area contributed by atoms with Crippen LogP contribution >= 0.6 is 34.8 Å². The van der Waals surface area contributed by atoms with Gasteiger partial charge in [-0.05, 0) is 30.3 Å². The molecule has 6 heteroatoms. The van der Waals surface area contributed by atoms with Crippen molar-refractivity contribution in [3.63, 3.8) is 0 Å². The van der Waals surface area contributed by atoms with E-state index in [1.54, 1.807) is 18.2 Å². The fraction of sp³-hybridized carbons (Fsp3) is 0. The van der Waals surface area contributed by atoms with E-state index in [-0.39, 0.29) is 0 Å². The van der Waals surface area contributed by atoms with Gasteiger partial charge in [0.15, 0.2) is 5.65 Å². The SMILES string of the molecule is Clc1ccc(-c2nc3nc(Cl)cc(Cl)c3[nH]2)cc1. The fourth-order valence-electron chi connectivity index (χ4n) is 1.67. The Bertz CT molecular complexity index is 719. The molecule has 0 aliphatic rings. The van der Waals surface area contributed by atoms with Crippen molar-refractivity contribution in [3.05, 3.63) is 45.5 Å². The zero-order valence-electron chi connectivity index (χ0n) is 8.92. The Labute approximate surface area is 118 Å². The van der Waals surface area contributed by atoms with Crippen molar-refractivity contribution in [2.45, 2.75) is 0 Å². The first kappa shape index (κ1) is 11.8. The van der Waals surface area contributed by atoms with Crippen LogP contribution in [0.5, 0.6) is 0 Å². The van der Waals surface area contributed by atoms with Gasteiger partial charge in [0.05, 0.1) is 5.02 Å². The predicted molar refractivity (Wildman–Crippen MR) is 74.4 cm³/mol. The van der Waals surface area contributed by atoms with Gasteiger partial charge in [-0.3, -0.25) is 0 Å². The van der Waals surface area contributed by atoms with Gasteiger partial charge in [-0.25, -0.2) is 9.97 Å². The molecule has 3 nitrogen and oxygen atoms in total. The molecule has 3 rings (SSSR count). The van der Waals surface area contributed by atoms with E-state index in [0.717, 1.165) is 5.56 Å². The summed E-state index contributed by atoms with van der Waals surface area (Å²) < 4.78 is 0. The summed E-state index contributed by atoms with van der Waals surface area (Å²) in [5.74, 6) is 0.679. The number of aromatic nitrogens is 3. The number of rotatable bonds is 1. The van der Waals surface area contributed by atoms with Gasteiger partial charge in [0.2, 0.25) is 0 Å². The van der Waals surface area contributed by atoms with Gasteiger partial charge in [-0.1, -0.05) is 34.8 Å². The maximum Gasteiger partial charge on any atom is 0.181 e. The molecule has 0 bridgehead atoms. The van der Waals surface area contributed by atoms with Crippen molar-refractivity contribution in [2.24, 2.45) is 0 Å². The van der Waals surface area contributed by atoms with Crippen LogP contribution in [0, 0.1) is 0 Å². The van der Waals surface area contributed by atoms with E-state index in [2.05, 4.69) is 15.0 Å². The normalized spacial score (nSPS) is 11.1. The first-order valence-corrected chi connectivity index (χ1v) is 6.24. The molecule has 1 N–H and O–H groups in total. The summed E-state index contributed by atoms with van der Waals surface area (Å²) in [5, 5.41) is 1.49. The molecule has 3 aromatic rings. The lowest BCUT2D eigenvalue weighted by molar-refractivity contribution is 1.30. The van der Waals surface area contributed by atoms with Gasteiger partial charge in [0.1, 0.15) is 16.5 Å². The van der Waals surface area contributed by atoms with Crippen molar-refractivity contribution in [1.82, 2.24) is 15.0 Å². The molecule has 0 unspecified atom stereocenters. The minimum Gasteiger partial charge on any atom is -0.335 e. The predicted octanol–water partition coefficient (Wildman–Crippen LogP) is 4.59. The van der Waals surface area contributed by atoms with E-state index >= 15 is 0 Å². The molecule has 0 amide bonds. The summed E-state index contributed by atoms with van der Waals surface area (Å²) in [5.41, 5.74) is 2.08. The molecule has 0 radical (unpaired) electrons. The van der Waals surface area contributed by atoms with Crippen molar-refractivity contribution in [3.8, 4) is 11.4 Å². The van der Waals surface area contributed by atoms with E-state index in [4.69, 9.17) is 34.8 Å². The molecule has 0 atom stereocenters. The minimum atomic E-state index is 0.321. The monoisotopic (exact) mass is 297 g/mol. The molecule has 2 aromatic heterocycles. The third kappa shape index (κ3) is 2.05. The number of aromatic amines is 1. The average Bonchev–Trinajstić information content (AvgIpc) is 2.74. The van der Waals surface area contributed by atoms with Gasteiger partial charge >= 0.3 is 0 Å². The van der Waals surface area contributed by atoms with Crippen molar-refractivity contribution < 1.29 is 0 Å². The molecule has 0 saturated heterocycles. The van der Waals surface area contributed by atoms with Crippen LogP contribution in [0.2, 0.25) is 15.2 Å². The maximum atomic E-state index is 6.07. The number of pyridine rings is 1. The van der Waals surface area contributed by atoms with Crippen molar-refractivity contribution in [2.75, 3.05) is 0 Å². The van der Waals surface area contributed by atoms with Crippen LogP contribution in [-0.2, 0) is 0 Å². The fourth-order valence-corrected chi connectivity index (χ4v) is 2.27. The van der Waals surface area contributed by atoms with Gasteiger partial charge in [0.25, 0.3) is 0 Å². The Morgan fingerprint density at radius 2 is 1.67 bits per heavy atom. The summed E-state index contributed by atoms with van der Waals surface area (Å²) >= 11 is 17.7. The Hall–Kier alpha value is -1.29. The second-order valence-corrected chi connectivity index (χ2v) is 4.95. The van der Waals surface area contributed by atoms with E-state index in [1.165, 1.54) is 0 Å². The summed E-state index contributed by atoms with van der Waals surface area (Å²) in [4.78, 5) is 11.6. The van der Waals surface area contributed by atoms with Gasteiger partial charge in [0, 0.05) is 10.6 Å². The van der Waals surface area contributed by atoms with Crippen LogP contribution in [0.3, 0.4) is 0 Å². The summed E-state index contributed by atoms with van der Waals surface area (Å²) in [6.07, 6.45) is 0. The highest BCUT2D eigenvalue weighted by Gasteiger charge is 2.10. The Morgan fingerprint density at radius 3 is 2.39 bits per heavy atom. The number of nitrogens with zero attached hydrogens (tertiary/aromatic N) is 2. The van der Waals surface area contributed by atoms with Crippen LogP contribution in [0.25, 0.3) is 22.6 Å². The standard InChI is InChI=1S/C12H6Cl3N3/c13-7-3-1-6(2-4-7)11-17-10-8(14)5-9(15)16-12(10)18-11/h1-5H,(H,16,17,18). The van der Waals surface area contributed by atoms with Crippen molar-refractivity contribution in [1.29, 1.82) is 0 Å². The Balaban J connectivity index is 2.19. The Morgan fingerprint density at radius 1 is 0.944 bits per heavy atom. The van der Waals surface area contributed by atoms with E-state index in [1.807, 2.05) is 12.1 Å². The second-order valence-electron chi connectivity index (χ2n) is 3.72. The lowest BCUT2D eigenvalue weighted by Crippen LogP contribution is -1.79. The molecule has 2 heterocycles. The van der Waals surface area contributed by atoms with Crippen LogP contribution in [0.15, 0.2) is 30.3 Å².